The molecule has 7 rings (SSSR count). The third-order valence-corrected chi connectivity index (χ3v) is 12.1. The molecule has 12 nitrogen and oxygen atoms in total. The predicted octanol–water partition coefficient (Wildman–Crippen LogP) is 10.9. The van der Waals surface area contributed by atoms with Crippen molar-refractivity contribution in [2.75, 3.05) is 0 Å². The predicted molar refractivity (Wildman–Crippen MR) is 272 cm³/mol. The van der Waals surface area contributed by atoms with Crippen LogP contribution in [0.25, 0.3) is 0 Å². The van der Waals surface area contributed by atoms with Crippen LogP contribution >= 0.6 is 0 Å². The highest BCUT2D eigenvalue weighted by Crippen LogP contribution is 2.42. The van der Waals surface area contributed by atoms with Gasteiger partial charge in [-0.05, 0) is 108 Å². The van der Waals surface area contributed by atoms with E-state index in [1.807, 2.05) is 114 Å². The number of rotatable bonds is 6. The van der Waals surface area contributed by atoms with E-state index in [4.69, 9.17) is 28.4 Å². The summed E-state index contributed by atoms with van der Waals surface area (Å²) in [6, 6.07) is 23.1. The quantitative estimate of drug-likeness (QED) is 0.115. The van der Waals surface area contributed by atoms with Gasteiger partial charge in [0.05, 0.1) is 0 Å². The maximum Gasteiger partial charge on any atom is 0.308 e. The number of ether oxygens (including phenoxy) is 6. The molecule has 72 heavy (non-hydrogen) atoms. The molecule has 0 atom stereocenters. The normalized spacial score (nSPS) is 12.2. The summed E-state index contributed by atoms with van der Waals surface area (Å²) < 4.78 is 36.6. The van der Waals surface area contributed by atoms with Crippen molar-refractivity contribution in [3.63, 3.8) is 0 Å². The smallest absolute Gasteiger partial charge is 0.308 e. The molecule has 0 saturated carbocycles. The molecule has 372 valence electrons. The van der Waals surface area contributed by atoms with E-state index in [9.17, 15) is 28.8 Å². The molecular weight excluding hydrogens is 913 g/mol. The molecule has 12 bridgehead atoms. The van der Waals surface area contributed by atoms with Gasteiger partial charge in [0.25, 0.3) is 0 Å². The average Bonchev–Trinajstić information content (AvgIpc) is 3.24. The maximum atomic E-state index is 13.0. The minimum absolute atomic E-state index is 0.170. The summed E-state index contributed by atoms with van der Waals surface area (Å²) in [5, 5.41) is 0. The first-order chi connectivity index (χ1) is 34.0. The van der Waals surface area contributed by atoms with Crippen molar-refractivity contribution in [1.29, 1.82) is 0 Å². The van der Waals surface area contributed by atoms with Crippen molar-refractivity contribution >= 4 is 35.8 Å². The van der Waals surface area contributed by atoms with E-state index < -0.39 is 35.8 Å². The van der Waals surface area contributed by atoms with Gasteiger partial charge in [0, 0.05) is 80.1 Å². The van der Waals surface area contributed by atoms with E-state index in [-0.39, 0.29) is 38.5 Å². The van der Waals surface area contributed by atoms with Crippen LogP contribution in [-0.2, 0) is 67.3 Å². The van der Waals surface area contributed by atoms with Crippen molar-refractivity contribution in [3.05, 3.63) is 173 Å². The van der Waals surface area contributed by atoms with E-state index in [0.717, 1.165) is 33.4 Å². The number of benzene rings is 6. The Kier molecular flexibility index (Phi) is 15.6. The fraction of sp³-hybridized carbons (Fsp3) is 0.300. The average molecular weight is 973 g/mol. The van der Waals surface area contributed by atoms with Gasteiger partial charge in [0.1, 0.15) is 34.5 Å². The fourth-order valence-corrected chi connectivity index (χ4v) is 10.0. The van der Waals surface area contributed by atoms with Gasteiger partial charge in [-0.1, -0.05) is 106 Å². The number of fused-ring (bicyclic) bond motifs is 12. The first kappa shape index (κ1) is 52.0. The van der Waals surface area contributed by atoms with Gasteiger partial charge in [0.15, 0.2) is 0 Å². The molecule has 1 aliphatic rings. The Morgan fingerprint density at radius 2 is 0.333 bits per heavy atom. The Bertz CT molecular complexity index is 2530. The lowest BCUT2D eigenvalue weighted by molar-refractivity contribution is -0.133. The minimum atomic E-state index is -0.549. The molecule has 6 aromatic carbocycles. The third kappa shape index (κ3) is 12.5. The molecular formula is C60H60O12. The molecule has 0 N–H and O–H groups in total. The summed E-state index contributed by atoms with van der Waals surface area (Å²) in [7, 11) is 0. The molecule has 0 fully saturated rings. The van der Waals surface area contributed by atoms with Gasteiger partial charge in [-0.25, -0.2) is 0 Å². The molecule has 0 amide bonds. The summed E-state index contributed by atoms with van der Waals surface area (Å²) in [4.78, 5) is 78.2. The lowest BCUT2D eigenvalue weighted by Crippen LogP contribution is -2.13. The highest BCUT2D eigenvalue weighted by atomic mass is 16.6. The topological polar surface area (TPSA) is 158 Å². The molecule has 12 heteroatoms. The molecule has 0 spiro atoms. The second kappa shape index (κ2) is 21.6. The number of hydrogen-bond donors (Lipinski definition) is 0. The Morgan fingerprint density at radius 3 is 0.417 bits per heavy atom. The molecule has 0 aromatic heterocycles. The van der Waals surface area contributed by atoms with Crippen molar-refractivity contribution in [2.45, 2.75) is 122 Å². The van der Waals surface area contributed by atoms with Crippen molar-refractivity contribution < 1.29 is 57.2 Å². The third-order valence-electron chi connectivity index (χ3n) is 12.1. The van der Waals surface area contributed by atoms with Crippen LogP contribution in [0.4, 0.5) is 0 Å². The van der Waals surface area contributed by atoms with E-state index in [1.54, 1.807) is 0 Å². The summed E-state index contributed by atoms with van der Waals surface area (Å²) in [5.41, 5.74) is 12.8. The minimum Gasteiger partial charge on any atom is -0.426 e. The van der Waals surface area contributed by atoms with E-state index >= 15 is 0 Å². The van der Waals surface area contributed by atoms with E-state index in [0.29, 0.717) is 101 Å². The maximum absolute atomic E-state index is 13.0. The highest BCUT2D eigenvalue weighted by molar-refractivity contribution is 5.76. The van der Waals surface area contributed by atoms with E-state index in [2.05, 4.69) is 0 Å². The number of carbonyl (C=O) groups excluding carboxylic acids is 6. The molecule has 1 aliphatic carbocycles. The zero-order chi connectivity index (χ0) is 52.3. The SMILES string of the molecule is CC(=O)Oc1c2cc(C)cc1Cc1cc(C)cc(c1OC(C)=O)Cc1cc(C)cc(c1OC(C)=O)Cc1cc(C)cc(c1OC(C)=O)Cc1cc(C)cc(c1OC(C)=O)Cc1cc(C)cc(c1OC(C)=O)C2. The lowest BCUT2D eigenvalue weighted by Gasteiger charge is -2.22. The van der Waals surface area contributed by atoms with Gasteiger partial charge >= 0.3 is 35.8 Å². The fourth-order valence-electron chi connectivity index (χ4n) is 10.0. The number of hydrogen-bond acceptors (Lipinski definition) is 12. The Hall–Kier alpha value is -7.86. The van der Waals surface area contributed by atoms with Crippen LogP contribution in [0.1, 0.15) is 142 Å². The Balaban J connectivity index is 1.59. The van der Waals surface area contributed by atoms with Gasteiger partial charge in [-0.3, -0.25) is 28.8 Å². The van der Waals surface area contributed by atoms with Gasteiger partial charge < -0.3 is 28.4 Å². The highest BCUT2D eigenvalue weighted by Gasteiger charge is 2.27. The Morgan fingerprint density at radius 1 is 0.236 bits per heavy atom. The number of esters is 6. The second-order valence-corrected chi connectivity index (χ2v) is 19.1. The first-order valence-electron chi connectivity index (χ1n) is 23.8. The van der Waals surface area contributed by atoms with Crippen LogP contribution in [-0.4, -0.2) is 35.8 Å². The second-order valence-electron chi connectivity index (χ2n) is 19.1. The monoisotopic (exact) mass is 972 g/mol. The van der Waals surface area contributed by atoms with Crippen LogP contribution in [0.2, 0.25) is 0 Å². The summed E-state index contributed by atoms with van der Waals surface area (Å²) in [6.07, 6.45) is 1.02. The van der Waals surface area contributed by atoms with Gasteiger partial charge in [-0.15, -0.1) is 0 Å². The summed E-state index contributed by atoms with van der Waals surface area (Å²) in [5.74, 6) is -1.44. The largest absolute Gasteiger partial charge is 0.426 e. The zero-order valence-electron chi connectivity index (χ0n) is 43.1. The first-order valence-corrected chi connectivity index (χ1v) is 23.8. The van der Waals surface area contributed by atoms with Gasteiger partial charge in [-0.2, -0.15) is 0 Å². The van der Waals surface area contributed by atoms with Crippen LogP contribution in [0, 0.1) is 41.5 Å². The zero-order valence-corrected chi connectivity index (χ0v) is 43.1. The summed E-state index contributed by atoms with van der Waals surface area (Å²) >= 11 is 0. The molecule has 0 unspecified atom stereocenters. The molecule has 0 saturated heterocycles. The Labute approximate surface area is 420 Å². The van der Waals surface area contributed by atoms with Crippen LogP contribution in [0.3, 0.4) is 0 Å². The number of aryl methyl sites for hydroxylation is 6. The van der Waals surface area contributed by atoms with Crippen molar-refractivity contribution in [3.8, 4) is 34.5 Å². The van der Waals surface area contributed by atoms with Crippen molar-refractivity contribution in [2.24, 2.45) is 0 Å². The van der Waals surface area contributed by atoms with Crippen LogP contribution in [0.15, 0.2) is 72.8 Å². The lowest BCUT2D eigenvalue weighted by atomic mass is 9.88. The molecule has 0 aliphatic heterocycles. The molecule has 6 aromatic rings. The summed E-state index contributed by atoms with van der Waals surface area (Å²) in [6.45, 7) is 19.6. The van der Waals surface area contributed by atoms with Gasteiger partial charge in [0.2, 0.25) is 0 Å². The van der Waals surface area contributed by atoms with Crippen LogP contribution in [0.5, 0.6) is 34.5 Å². The standard InChI is InChI=1S/C60H60O12/c1-31-13-43-25-45-15-32(2)17-47(56(45)68-38(8)62)27-49-19-34(4)21-51(58(49)70-40(10)64)29-53-23-36(6)24-54(60(53)72-42(12)66)30-52-22-35(5)20-50(59(52)71-41(11)65)28-48-18-33(3)16-46(57(48)69-39(9)63)26-44(14-31)55(43)67-37(7)61/h13-24H,25-30H2,1-12H3. The van der Waals surface area contributed by atoms with Crippen LogP contribution < -0.4 is 28.4 Å². The molecule has 0 heterocycles. The number of carbonyl (C=O) groups is 6. The molecule has 0 radical (unpaired) electrons. The van der Waals surface area contributed by atoms with Crippen molar-refractivity contribution in [1.82, 2.24) is 0 Å². The van der Waals surface area contributed by atoms with E-state index in [1.165, 1.54) is 41.5 Å².